The average Bonchev–Trinajstić information content (AvgIpc) is 2.92. The quantitative estimate of drug-likeness (QED) is 0.697. The van der Waals surface area contributed by atoms with Crippen LogP contribution in [0, 0.1) is 17.3 Å². The van der Waals surface area contributed by atoms with Crippen LogP contribution in [-0.4, -0.2) is 42.3 Å². The lowest BCUT2D eigenvalue weighted by Gasteiger charge is -2.09. The summed E-state index contributed by atoms with van der Waals surface area (Å²) in [5.74, 6) is -2.56. The fourth-order valence-corrected chi connectivity index (χ4v) is 3.07. The Kier molecular flexibility index (Phi) is 3.94. The van der Waals surface area contributed by atoms with Crippen LogP contribution in [0.1, 0.15) is 20.8 Å². The highest BCUT2D eigenvalue weighted by Gasteiger charge is 2.65. The number of aromatic nitrogens is 4. The second-order valence-corrected chi connectivity index (χ2v) is 6.64. The number of carbonyl (C=O) groups excluding carboxylic acids is 1. The Labute approximate surface area is 143 Å². The molecule has 2 atom stereocenters. The van der Waals surface area contributed by atoms with E-state index >= 15 is 0 Å². The molecule has 25 heavy (non-hydrogen) atoms. The minimum atomic E-state index is -0.997. The second-order valence-electron chi connectivity index (χ2n) is 6.64. The minimum Gasteiger partial charge on any atom is -0.506 e. The number of phenols is 1. The number of hydrogen-bond donors (Lipinski definition) is 3. The van der Waals surface area contributed by atoms with E-state index in [4.69, 9.17) is 0 Å². The number of tetrazole rings is 1. The lowest BCUT2D eigenvalue weighted by Crippen LogP contribution is -2.17. The molecular formula is C16H19N5O4. The van der Waals surface area contributed by atoms with Crippen molar-refractivity contribution in [3.63, 3.8) is 0 Å². The Morgan fingerprint density at radius 2 is 2.04 bits per heavy atom. The van der Waals surface area contributed by atoms with E-state index in [1.54, 1.807) is 19.9 Å². The third-order valence-corrected chi connectivity index (χ3v) is 4.62. The zero-order valence-electron chi connectivity index (χ0n) is 14.1. The van der Waals surface area contributed by atoms with Crippen molar-refractivity contribution in [2.24, 2.45) is 17.3 Å². The van der Waals surface area contributed by atoms with Gasteiger partial charge in [0.15, 0.2) is 0 Å². The summed E-state index contributed by atoms with van der Waals surface area (Å²) in [5, 5.41) is 33.8. The van der Waals surface area contributed by atoms with E-state index in [0.717, 1.165) is 0 Å². The Hall–Kier alpha value is -2.97. The molecule has 0 unspecified atom stereocenters. The fraction of sp³-hybridized carbons (Fsp3) is 0.438. The number of nitrogens with one attached hydrogen (secondary N) is 1. The van der Waals surface area contributed by atoms with E-state index in [-0.39, 0.29) is 11.4 Å². The molecule has 9 heteroatoms. The van der Waals surface area contributed by atoms with Gasteiger partial charge in [-0.25, -0.2) is 0 Å². The van der Waals surface area contributed by atoms with E-state index in [0.29, 0.717) is 17.9 Å². The number of anilines is 1. The molecule has 1 fully saturated rings. The molecule has 9 nitrogen and oxygen atoms in total. The van der Waals surface area contributed by atoms with Gasteiger partial charge in [0.25, 0.3) is 0 Å². The summed E-state index contributed by atoms with van der Waals surface area (Å²) in [6, 6.07) is 4.57. The number of carbonyl (C=O) groups is 2. The number of carboxylic acids is 1. The van der Waals surface area contributed by atoms with Gasteiger partial charge in [0.05, 0.1) is 24.1 Å². The lowest BCUT2D eigenvalue weighted by atomic mass is 10.1. The first-order valence-corrected chi connectivity index (χ1v) is 7.90. The van der Waals surface area contributed by atoms with Crippen LogP contribution in [0.15, 0.2) is 18.2 Å². The topological polar surface area (TPSA) is 130 Å². The molecule has 3 rings (SSSR count). The largest absolute Gasteiger partial charge is 0.506 e. The number of nitrogens with zero attached hydrogens (tertiary/aromatic N) is 4. The van der Waals surface area contributed by atoms with Gasteiger partial charge in [0, 0.05) is 5.56 Å². The Balaban J connectivity index is 1.82. The maximum Gasteiger partial charge on any atom is 0.307 e. The normalized spacial score (nSPS) is 20.9. The molecule has 1 aromatic carbocycles. The van der Waals surface area contributed by atoms with Gasteiger partial charge in [-0.15, -0.1) is 10.2 Å². The van der Waals surface area contributed by atoms with Crippen molar-refractivity contribution in [2.45, 2.75) is 27.3 Å². The SMILES string of the molecule is CCn1nnc(-c2ccc(O)c(NC(=O)[C@@H]3[C@H](C(=O)O)C3(C)C)c2)n1. The average molecular weight is 345 g/mol. The predicted molar refractivity (Wildman–Crippen MR) is 87.6 cm³/mol. The van der Waals surface area contributed by atoms with Crippen molar-refractivity contribution in [3.8, 4) is 17.1 Å². The summed E-state index contributed by atoms with van der Waals surface area (Å²) >= 11 is 0. The van der Waals surface area contributed by atoms with E-state index < -0.39 is 29.1 Å². The number of hydrogen-bond acceptors (Lipinski definition) is 6. The molecule has 132 valence electrons. The summed E-state index contributed by atoms with van der Waals surface area (Å²) in [7, 11) is 0. The summed E-state index contributed by atoms with van der Waals surface area (Å²) < 4.78 is 0. The molecule has 1 aromatic heterocycles. The van der Waals surface area contributed by atoms with E-state index in [1.165, 1.54) is 16.9 Å². The number of benzene rings is 1. The Bertz CT molecular complexity index is 845. The number of rotatable bonds is 5. The molecule has 0 saturated heterocycles. The highest BCUT2D eigenvalue weighted by molar-refractivity contribution is 6.00. The van der Waals surface area contributed by atoms with Crippen LogP contribution >= 0.6 is 0 Å². The van der Waals surface area contributed by atoms with Crippen molar-refractivity contribution in [1.82, 2.24) is 20.2 Å². The first-order valence-electron chi connectivity index (χ1n) is 7.90. The molecule has 1 heterocycles. The number of phenolic OH excluding ortho intramolecular Hbond substituents is 1. The summed E-state index contributed by atoms with van der Waals surface area (Å²) in [4.78, 5) is 25.1. The number of aromatic hydroxyl groups is 1. The van der Waals surface area contributed by atoms with E-state index in [2.05, 4.69) is 20.7 Å². The van der Waals surface area contributed by atoms with Gasteiger partial charge in [-0.1, -0.05) is 13.8 Å². The van der Waals surface area contributed by atoms with Gasteiger partial charge in [-0.05, 0) is 35.8 Å². The van der Waals surface area contributed by atoms with Crippen molar-refractivity contribution >= 4 is 17.6 Å². The van der Waals surface area contributed by atoms with Crippen LogP contribution in [0.2, 0.25) is 0 Å². The lowest BCUT2D eigenvalue weighted by molar-refractivity contribution is -0.140. The summed E-state index contributed by atoms with van der Waals surface area (Å²) in [6.07, 6.45) is 0. The van der Waals surface area contributed by atoms with Crippen LogP contribution < -0.4 is 5.32 Å². The number of amides is 1. The van der Waals surface area contributed by atoms with Crippen LogP contribution in [-0.2, 0) is 16.1 Å². The molecule has 1 aliphatic rings. The predicted octanol–water partition coefficient (Wildman–Crippen LogP) is 1.36. The Morgan fingerprint density at radius 1 is 1.32 bits per heavy atom. The maximum absolute atomic E-state index is 12.4. The second kappa shape index (κ2) is 5.83. The zero-order chi connectivity index (χ0) is 18.4. The molecular weight excluding hydrogens is 326 g/mol. The first-order chi connectivity index (χ1) is 11.8. The highest BCUT2D eigenvalue weighted by atomic mass is 16.4. The zero-order valence-corrected chi connectivity index (χ0v) is 14.1. The molecule has 2 aromatic rings. The first kappa shape index (κ1) is 16.9. The third-order valence-electron chi connectivity index (χ3n) is 4.62. The molecule has 1 aliphatic carbocycles. The smallest absolute Gasteiger partial charge is 0.307 e. The number of aryl methyl sites for hydroxylation is 1. The molecule has 3 N–H and O–H groups in total. The van der Waals surface area contributed by atoms with Crippen molar-refractivity contribution in [2.75, 3.05) is 5.32 Å². The van der Waals surface area contributed by atoms with Crippen LogP contribution in [0.25, 0.3) is 11.4 Å². The van der Waals surface area contributed by atoms with Gasteiger partial charge in [-0.3, -0.25) is 9.59 Å². The molecule has 0 spiro atoms. The number of aliphatic carboxylic acids is 1. The minimum absolute atomic E-state index is 0.120. The van der Waals surface area contributed by atoms with Crippen molar-refractivity contribution in [3.05, 3.63) is 18.2 Å². The van der Waals surface area contributed by atoms with Crippen LogP contribution in [0.4, 0.5) is 5.69 Å². The van der Waals surface area contributed by atoms with Crippen molar-refractivity contribution < 1.29 is 19.8 Å². The Morgan fingerprint density at radius 3 is 2.60 bits per heavy atom. The van der Waals surface area contributed by atoms with Crippen LogP contribution in [0.5, 0.6) is 5.75 Å². The molecule has 1 saturated carbocycles. The third kappa shape index (κ3) is 2.92. The number of carboxylic acid groups (broad SMARTS) is 1. The van der Waals surface area contributed by atoms with Gasteiger partial charge < -0.3 is 15.5 Å². The van der Waals surface area contributed by atoms with Gasteiger partial charge in [0.1, 0.15) is 5.75 Å². The van der Waals surface area contributed by atoms with Crippen molar-refractivity contribution in [1.29, 1.82) is 0 Å². The molecule has 0 aliphatic heterocycles. The standard InChI is InChI=1S/C16H19N5O4/c1-4-21-19-13(18-20-21)8-5-6-10(22)9(7-8)17-14(23)11-12(15(24)25)16(11,2)3/h5-7,11-12,22H,4H2,1-3H3,(H,17,23)(H,24,25)/t11-,12+/m0/s1. The summed E-state index contributed by atoms with van der Waals surface area (Å²) in [5.41, 5.74) is 0.147. The van der Waals surface area contributed by atoms with Gasteiger partial charge in [-0.2, -0.15) is 4.80 Å². The van der Waals surface area contributed by atoms with Gasteiger partial charge >= 0.3 is 5.97 Å². The summed E-state index contributed by atoms with van der Waals surface area (Å²) in [6.45, 7) is 5.92. The fourth-order valence-electron chi connectivity index (χ4n) is 3.07. The van der Waals surface area contributed by atoms with Gasteiger partial charge in [0.2, 0.25) is 11.7 Å². The monoisotopic (exact) mass is 345 g/mol. The molecule has 0 radical (unpaired) electrons. The molecule has 1 amide bonds. The molecule has 0 bridgehead atoms. The highest BCUT2D eigenvalue weighted by Crippen LogP contribution is 2.58. The maximum atomic E-state index is 12.4. The van der Waals surface area contributed by atoms with Crippen LogP contribution in [0.3, 0.4) is 0 Å². The van der Waals surface area contributed by atoms with E-state index in [1.807, 2.05) is 6.92 Å². The van der Waals surface area contributed by atoms with E-state index in [9.17, 15) is 19.8 Å².